The van der Waals surface area contributed by atoms with Crippen molar-refractivity contribution >= 4 is 11.9 Å². The molecule has 1 heterocycles. The summed E-state index contributed by atoms with van der Waals surface area (Å²) in [5, 5.41) is 0. The van der Waals surface area contributed by atoms with Crippen LogP contribution in [0.5, 0.6) is 0 Å². The lowest BCUT2D eigenvalue weighted by atomic mass is 10.2. The lowest BCUT2D eigenvalue weighted by Crippen LogP contribution is -2.14. The highest BCUT2D eigenvalue weighted by atomic mass is 16.5. The lowest BCUT2D eigenvalue weighted by molar-refractivity contribution is -0.140. The van der Waals surface area contributed by atoms with Crippen LogP contribution in [0.25, 0.3) is 0 Å². The standard InChI is InChI=1S/C11H16N2O4/c1-8(4-5-10(14)16-2)13-7-12-6-9(13)11(15)17-3/h6-8H,4-5H2,1-3H3. The Labute approximate surface area is 99.5 Å². The van der Waals surface area contributed by atoms with Gasteiger partial charge in [0.2, 0.25) is 0 Å². The zero-order valence-corrected chi connectivity index (χ0v) is 10.2. The molecule has 0 aliphatic heterocycles. The monoisotopic (exact) mass is 240 g/mol. The summed E-state index contributed by atoms with van der Waals surface area (Å²) in [5.41, 5.74) is 0.380. The van der Waals surface area contributed by atoms with Crippen LogP contribution in [0.1, 0.15) is 36.3 Å². The van der Waals surface area contributed by atoms with Gasteiger partial charge < -0.3 is 14.0 Å². The van der Waals surface area contributed by atoms with Gasteiger partial charge in [-0.05, 0) is 13.3 Å². The van der Waals surface area contributed by atoms with Gasteiger partial charge in [-0.1, -0.05) is 0 Å². The van der Waals surface area contributed by atoms with Crippen molar-refractivity contribution in [1.29, 1.82) is 0 Å². The molecular weight excluding hydrogens is 224 g/mol. The van der Waals surface area contributed by atoms with Crippen LogP contribution in [0.2, 0.25) is 0 Å². The summed E-state index contributed by atoms with van der Waals surface area (Å²) in [6, 6.07) is -0.0225. The largest absolute Gasteiger partial charge is 0.469 e. The third-order valence-corrected chi connectivity index (χ3v) is 2.53. The normalized spacial score (nSPS) is 11.9. The first-order valence-electron chi connectivity index (χ1n) is 5.27. The van der Waals surface area contributed by atoms with Crippen molar-refractivity contribution in [3.8, 4) is 0 Å². The SMILES string of the molecule is COC(=O)CCC(C)n1cncc1C(=O)OC. The first-order chi connectivity index (χ1) is 8.10. The van der Waals surface area contributed by atoms with Gasteiger partial charge in [-0.2, -0.15) is 0 Å². The van der Waals surface area contributed by atoms with E-state index in [2.05, 4.69) is 14.5 Å². The summed E-state index contributed by atoms with van der Waals surface area (Å²) in [6.45, 7) is 1.90. The average Bonchev–Trinajstić information content (AvgIpc) is 2.83. The summed E-state index contributed by atoms with van der Waals surface area (Å²) in [6.07, 6.45) is 3.87. The summed E-state index contributed by atoms with van der Waals surface area (Å²) >= 11 is 0. The molecular formula is C11H16N2O4. The third kappa shape index (κ3) is 3.30. The molecule has 0 saturated carbocycles. The minimum absolute atomic E-state index is 0.0225. The Morgan fingerprint density at radius 3 is 2.71 bits per heavy atom. The van der Waals surface area contributed by atoms with E-state index in [-0.39, 0.29) is 12.0 Å². The number of hydrogen-bond donors (Lipinski definition) is 0. The molecule has 0 fully saturated rings. The Bertz CT molecular complexity index is 400. The van der Waals surface area contributed by atoms with Crippen molar-refractivity contribution in [2.75, 3.05) is 14.2 Å². The first-order valence-corrected chi connectivity index (χ1v) is 5.27. The number of aromatic nitrogens is 2. The number of ether oxygens (including phenoxy) is 2. The summed E-state index contributed by atoms with van der Waals surface area (Å²) in [4.78, 5) is 26.3. The smallest absolute Gasteiger partial charge is 0.356 e. The Morgan fingerprint density at radius 1 is 1.41 bits per heavy atom. The Kier molecular flexibility index (Phi) is 4.68. The minimum Gasteiger partial charge on any atom is -0.469 e. The van der Waals surface area contributed by atoms with Crippen molar-refractivity contribution in [3.05, 3.63) is 18.2 Å². The molecule has 1 unspecified atom stereocenters. The second-order valence-electron chi connectivity index (χ2n) is 3.64. The van der Waals surface area contributed by atoms with Crippen molar-refractivity contribution in [1.82, 2.24) is 9.55 Å². The molecule has 6 heteroatoms. The highest BCUT2D eigenvalue weighted by Gasteiger charge is 2.16. The maximum Gasteiger partial charge on any atom is 0.356 e. The summed E-state index contributed by atoms with van der Waals surface area (Å²) in [5.74, 6) is -0.705. The molecule has 0 radical (unpaired) electrons. The Morgan fingerprint density at radius 2 is 2.12 bits per heavy atom. The van der Waals surface area contributed by atoms with Gasteiger partial charge in [-0.3, -0.25) is 4.79 Å². The average molecular weight is 240 g/mol. The van der Waals surface area contributed by atoms with Crippen LogP contribution < -0.4 is 0 Å². The van der Waals surface area contributed by atoms with Gasteiger partial charge in [0.1, 0.15) is 5.69 Å². The molecule has 0 aromatic carbocycles. The van der Waals surface area contributed by atoms with E-state index in [4.69, 9.17) is 0 Å². The molecule has 0 N–H and O–H groups in total. The number of rotatable bonds is 5. The van der Waals surface area contributed by atoms with Gasteiger partial charge in [0.15, 0.2) is 0 Å². The zero-order valence-electron chi connectivity index (χ0n) is 10.2. The van der Waals surface area contributed by atoms with Crippen LogP contribution >= 0.6 is 0 Å². The second kappa shape index (κ2) is 6.03. The minimum atomic E-state index is -0.438. The summed E-state index contributed by atoms with van der Waals surface area (Å²) < 4.78 is 10.9. The van der Waals surface area contributed by atoms with Crippen molar-refractivity contribution in [2.45, 2.75) is 25.8 Å². The molecule has 0 bridgehead atoms. The van der Waals surface area contributed by atoms with Crippen LogP contribution in [0.4, 0.5) is 0 Å². The fourth-order valence-electron chi connectivity index (χ4n) is 1.49. The quantitative estimate of drug-likeness (QED) is 0.723. The van der Waals surface area contributed by atoms with Crippen LogP contribution in [0, 0.1) is 0 Å². The molecule has 0 amide bonds. The maximum atomic E-state index is 11.4. The Balaban J connectivity index is 2.69. The van der Waals surface area contributed by atoms with Crippen molar-refractivity contribution in [2.24, 2.45) is 0 Å². The van der Waals surface area contributed by atoms with Crippen molar-refractivity contribution in [3.63, 3.8) is 0 Å². The topological polar surface area (TPSA) is 70.4 Å². The molecule has 0 aliphatic carbocycles. The zero-order chi connectivity index (χ0) is 12.8. The molecule has 1 atom stereocenters. The molecule has 17 heavy (non-hydrogen) atoms. The lowest BCUT2D eigenvalue weighted by Gasteiger charge is -2.14. The molecule has 1 aromatic heterocycles. The van der Waals surface area contributed by atoms with E-state index in [1.165, 1.54) is 20.4 Å². The predicted molar refractivity (Wildman–Crippen MR) is 59.5 cm³/mol. The third-order valence-electron chi connectivity index (χ3n) is 2.53. The van der Waals surface area contributed by atoms with Gasteiger partial charge in [-0.25, -0.2) is 9.78 Å². The van der Waals surface area contributed by atoms with Gasteiger partial charge in [0.25, 0.3) is 0 Å². The fraction of sp³-hybridized carbons (Fsp3) is 0.545. The van der Waals surface area contributed by atoms with Gasteiger partial charge in [0, 0.05) is 12.5 Å². The number of hydrogen-bond acceptors (Lipinski definition) is 5. The predicted octanol–water partition coefficient (Wildman–Crippen LogP) is 1.18. The number of nitrogens with zero attached hydrogens (tertiary/aromatic N) is 2. The molecule has 0 spiro atoms. The van der Waals surface area contributed by atoms with Crippen LogP contribution in [0.3, 0.4) is 0 Å². The van der Waals surface area contributed by atoms with E-state index >= 15 is 0 Å². The number of carbonyl (C=O) groups excluding carboxylic acids is 2. The van der Waals surface area contributed by atoms with Gasteiger partial charge >= 0.3 is 11.9 Å². The van der Waals surface area contributed by atoms with E-state index in [1.54, 1.807) is 10.9 Å². The molecule has 0 aliphatic rings. The molecule has 1 aromatic rings. The highest BCUT2D eigenvalue weighted by Crippen LogP contribution is 2.16. The van der Waals surface area contributed by atoms with E-state index in [9.17, 15) is 9.59 Å². The van der Waals surface area contributed by atoms with E-state index in [1.807, 2.05) is 6.92 Å². The van der Waals surface area contributed by atoms with E-state index in [0.29, 0.717) is 18.5 Å². The number of esters is 2. The number of methoxy groups -OCH3 is 2. The maximum absolute atomic E-state index is 11.4. The number of imidazole rings is 1. The molecule has 94 valence electrons. The fourth-order valence-corrected chi connectivity index (χ4v) is 1.49. The molecule has 1 rings (SSSR count). The molecule has 0 saturated heterocycles. The molecule has 6 nitrogen and oxygen atoms in total. The Hall–Kier alpha value is -1.85. The second-order valence-corrected chi connectivity index (χ2v) is 3.64. The van der Waals surface area contributed by atoms with Crippen molar-refractivity contribution < 1.29 is 19.1 Å². The van der Waals surface area contributed by atoms with Crippen LogP contribution in [0.15, 0.2) is 12.5 Å². The van der Waals surface area contributed by atoms with E-state index in [0.717, 1.165) is 0 Å². The van der Waals surface area contributed by atoms with Crippen LogP contribution in [-0.2, 0) is 14.3 Å². The van der Waals surface area contributed by atoms with Gasteiger partial charge in [-0.15, -0.1) is 0 Å². The number of carbonyl (C=O) groups is 2. The van der Waals surface area contributed by atoms with Gasteiger partial charge in [0.05, 0.1) is 26.7 Å². The van der Waals surface area contributed by atoms with E-state index < -0.39 is 5.97 Å². The highest BCUT2D eigenvalue weighted by molar-refractivity contribution is 5.87. The first kappa shape index (κ1) is 13.2. The summed E-state index contributed by atoms with van der Waals surface area (Å²) in [7, 11) is 2.67. The van der Waals surface area contributed by atoms with Crippen LogP contribution in [-0.4, -0.2) is 35.7 Å².